The third-order valence-electron chi connectivity index (χ3n) is 3.32. The minimum Gasteiger partial charge on any atom is -0.319 e. The number of nitrogens with one attached hydrogen (secondary N) is 1. The van der Waals surface area contributed by atoms with Crippen LogP contribution in [0.2, 0.25) is 5.02 Å². The van der Waals surface area contributed by atoms with Gasteiger partial charge in [0.2, 0.25) is 0 Å². The molecule has 1 atom stereocenters. The van der Waals surface area contributed by atoms with Crippen molar-refractivity contribution >= 4 is 22.9 Å². The van der Waals surface area contributed by atoms with Crippen molar-refractivity contribution in [2.75, 3.05) is 13.6 Å². The first-order valence-electron chi connectivity index (χ1n) is 6.12. The Hall–Kier alpha value is -0.900. The molecule has 1 aliphatic rings. The van der Waals surface area contributed by atoms with E-state index in [1.54, 1.807) is 0 Å². The van der Waals surface area contributed by atoms with E-state index >= 15 is 0 Å². The van der Waals surface area contributed by atoms with E-state index in [0.29, 0.717) is 5.92 Å². The summed E-state index contributed by atoms with van der Waals surface area (Å²) in [6, 6.07) is 6.10. The second-order valence-electron chi connectivity index (χ2n) is 4.76. The largest absolute Gasteiger partial charge is 0.319 e. The Balaban J connectivity index is 1.98. The van der Waals surface area contributed by atoms with Crippen LogP contribution in [-0.4, -0.2) is 18.6 Å². The van der Waals surface area contributed by atoms with Gasteiger partial charge < -0.3 is 5.32 Å². The van der Waals surface area contributed by atoms with Crippen LogP contribution in [0, 0.1) is 0 Å². The fourth-order valence-electron chi connectivity index (χ4n) is 2.42. The smallest absolute Gasteiger partial charge is 0.0976 e. The van der Waals surface area contributed by atoms with E-state index in [4.69, 9.17) is 16.6 Å². The van der Waals surface area contributed by atoms with Crippen LogP contribution in [0.1, 0.15) is 28.3 Å². The van der Waals surface area contributed by atoms with Gasteiger partial charge in [0, 0.05) is 34.3 Å². The molecule has 2 nitrogen and oxygen atoms in total. The standard InChI is InChI=1S/C14H15ClN2S/c1-8(7-16-2)14-17-13-11-4-3-10(15)5-9(11)6-12(13)18-14/h3-5,8,16H,6-7H2,1-2H3. The molecule has 0 fully saturated rings. The maximum atomic E-state index is 6.03. The number of halogens is 1. The van der Waals surface area contributed by atoms with Gasteiger partial charge in [0.05, 0.1) is 10.7 Å². The average molecular weight is 279 g/mol. The van der Waals surface area contributed by atoms with Gasteiger partial charge in [-0.25, -0.2) is 4.98 Å². The van der Waals surface area contributed by atoms with Gasteiger partial charge >= 0.3 is 0 Å². The molecule has 1 N–H and O–H groups in total. The molecule has 94 valence electrons. The minimum absolute atomic E-state index is 0.473. The number of hydrogen-bond acceptors (Lipinski definition) is 3. The number of nitrogens with zero attached hydrogens (tertiary/aromatic N) is 1. The van der Waals surface area contributed by atoms with Crippen molar-refractivity contribution in [3.63, 3.8) is 0 Å². The van der Waals surface area contributed by atoms with Gasteiger partial charge in [0.1, 0.15) is 0 Å². The maximum Gasteiger partial charge on any atom is 0.0976 e. The number of aromatic nitrogens is 1. The zero-order valence-corrected chi connectivity index (χ0v) is 12.0. The van der Waals surface area contributed by atoms with Crippen LogP contribution in [0.3, 0.4) is 0 Å². The Labute approximate surface area is 116 Å². The van der Waals surface area contributed by atoms with Crippen LogP contribution in [-0.2, 0) is 6.42 Å². The van der Waals surface area contributed by atoms with Crippen molar-refractivity contribution in [3.05, 3.63) is 38.7 Å². The first-order valence-corrected chi connectivity index (χ1v) is 7.31. The summed E-state index contributed by atoms with van der Waals surface area (Å²) in [6.45, 7) is 3.19. The fraction of sp³-hybridized carbons (Fsp3) is 0.357. The topological polar surface area (TPSA) is 24.9 Å². The van der Waals surface area contributed by atoms with Crippen molar-refractivity contribution in [1.82, 2.24) is 10.3 Å². The lowest BCUT2D eigenvalue weighted by Gasteiger charge is -2.06. The number of thiazole rings is 1. The van der Waals surface area contributed by atoms with E-state index < -0.39 is 0 Å². The molecule has 4 heteroatoms. The summed E-state index contributed by atoms with van der Waals surface area (Å²) in [5, 5.41) is 5.25. The minimum atomic E-state index is 0.473. The quantitative estimate of drug-likeness (QED) is 0.790. The molecule has 3 rings (SSSR count). The SMILES string of the molecule is CNCC(C)c1nc2c(s1)Cc1cc(Cl)ccc1-2. The van der Waals surface area contributed by atoms with Crippen molar-refractivity contribution in [2.24, 2.45) is 0 Å². The van der Waals surface area contributed by atoms with Crippen LogP contribution in [0.4, 0.5) is 0 Å². The van der Waals surface area contributed by atoms with E-state index in [9.17, 15) is 0 Å². The van der Waals surface area contributed by atoms with Gasteiger partial charge in [-0.2, -0.15) is 0 Å². The number of fused-ring (bicyclic) bond motifs is 3. The molecule has 1 aliphatic carbocycles. The summed E-state index contributed by atoms with van der Waals surface area (Å²) >= 11 is 7.87. The summed E-state index contributed by atoms with van der Waals surface area (Å²) in [4.78, 5) is 6.20. The highest BCUT2D eigenvalue weighted by atomic mass is 35.5. The lowest BCUT2D eigenvalue weighted by atomic mass is 10.1. The Morgan fingerprint density at radius 2 is 2.33 bits per heavy atom. The normalized spacial score (nSPS) is 14.4. The maximum absolute atomic E-state index is 6.03. The van der Waals surface area contributed by atoms with E-state index in [0.717, 1.165) is 18.0 Å². The van der Waals surface area contributed by atoms with Crippen LogP contribution in [0.15, 0.2) is 18.2 Å². The average Bonchev–Trinajstić information content (AvgIpc) is 2.85. The molecule has 18 heavy (non-hydrogen) atoms. The molecule has 1 aromatic carbocycles. The Kier molecular flexibility index (Phi) is 3.14. The van der Waals surface area contributed by atoms with Crippen molar-refractivity contribution < 1.29 is 0 Å². The fourth-order valence-corrected chi connectivity index (χ4v) is 3.77. The van der Waals surface area contributed by atoms with Crippen LogP contribution >= 0.6 is 22.9 Å². The molecule has 0 amide bonds. The summed E-state index contributed by atoms with van der Waals surface area (Å²) in [6.07, 6.45) is 0.981. The van der Waals surface area contributed by atoms with Crippen molar-refractivity contribution in [2.45, 2.75) is 19.3 Å². The zero-order chi connectivity index (χ0) is 12.7. The monoisotopic (exact) mass is 278 g/mol. The molecule has 1 heterocycles. The second kappa shape index (κ2) is 4.65. The predicted molar refractivity (Wildman–Crippen MR) is 77.7 cm³/mol. The second-order valence-corrected chi connectivity index (χ2v) is 6.31. The predicted octanol–water partition coefficient (Wildman–Crippen LogP) is 3.69. The summed E-state index contributed by atoms with van der Waals surface area (Å²) in [7, 11) is 1.98. The highest BCUT2D eigenvalue weighted by Crippen LogP contribution is 2.41. The van der Waals surface area contributed by atoms with Gasteiger partial charge in [0.25, 0.3) is 0 Å². The Morgan fingerprint density at radius 3 is 3.11 bits per heavy atom. The highest BCUT2D eigenvalue weighted by molar-refractivity contribution is 7.12. The third-order valence-corrected chi connectivity index (χ3v) is 4.84. The molecule has 1 unspecified atom stereocenters. The number of hydrogen-bond donors (Lipinski definition) is 1. The van der Waals surface area contributed by atoms with Crippen LogP contribution in [0.25, 0.3) is 11.3 Å². The molecule has 0 radical (unpaired) electrons. The Morgan fingerprint density at radius 1 is 1.50 bits per heavy atom. The van der Waals surface area contributed by atoms with E-state index in [2.05, 4.69) is 24.4 Å². The summed E-state index contributed by atoms with van der Waals surface area (Å²) in [5.74, 6) is 0.473. The molecule has 0 aliphatic heterocycles. The molecule has 0 bridgehead atoms. The lowest BCUT2D eigenvalue weighted by Crippen LogP contribution is -2.14. The van der Waals surface area contributed by atoms with Crippen LogP contribution in [0.5, 0.6) is 0 Å². The molecule has 1 aromatic heterocycles. The number of benzene rings is 1. The molecule has 2 aromatic rings. The first kappa shape index (κ1) is 12.2. The molecular weight excluding hydrogens is 264 g/mol. The number of rotatable bonds is 3. The zero-order valence-electron chi connectivity index (χ0n) is 10.5. The number of likely N-dealkylation sites (N-methyl/N-ethyl adjacent to an activating group) is 1. The third kappa shape index (κ3) is 1.96. The summed E-state index contributed by atoms with van der Waals surface area (Å²) < 4.78 is 0. The van der Waals surface area contributed by atoms with Crippen molar-refractivity contribution in [1.29, 1.82) is 0 Å². The molecule has 0 saturated heterocycles. The van der Waals surface area contributed by atoms with Gasteiger partial charge in [-0.1, -0.05) is 24.6 Å². The van der Waals surface area contributed by atoms with E-state index in [1.807, 2.05) is 24.5 Å². The Bertz CT molecular complexity index is 591. The molecule has 0 spiro atoms. The molecule has 0 saturated carbocycles. The highest BCUT2D eigenvalue weighted by Gasteiger charge is 2.24. The van der Waals surface area contributed by atoms with Gasteiger partial charge in [-0.15, -0.1) is 11.3 Å². The lowest BCUT2D eigenvalue weighted by molar-refractivity contribution is 0.674. The van der Waals surface area contributed by atoms with Gasteiger partial charge in [-0.3, -0.25) is 0 Å². The van der Waals surface area contributed by atoms with E-state index in [1.165, 1.54) is 26.7 Å². The molecular formula is C14H15ClN2S. The van der Waals surface area contributed by atoms with Crippen molar-refractivity contribution in [3.8, 4) is 11.3 Å². The van der Waals surface area contributed by atoms with Gasteiger partial charge in [-0.05, 0) is 24.7 Å². The summed E-state index contributed by atoms with van der Waals surface area (Å²) in [5.41, 5.74) is 3.74. The first-order chi connectivity index (χ1) is 8.69. The van der Waals surface area contributed by atoms with Crippen LogP contribution < -0.4 is 5.32 Å². The van der Waals surface area contributed by atoms with E-state index in [-0.39, 0.29) is 0 Å². The van der Waals surface area contributed by atoms with Gasteiger partial charge in [0.15, 0.2) is 0 Å².